The van der Waals surface area contributed by atoms with Crippen molar-refractivity contribution in [2.45, 2.75) is 18.0 Å². The Morgan fingerprint density at radius 2 is 2.00 bits per heavy atom. The van der Waals surface area contributed by atoms with Gasteiger partial charge in [0, 0.05) is 6.42 Å². The van der Waals surface area contributed by atoms with Crippen LogP contribution in [0.15, 0.2) is 12.2 Å². The van der Waals surface area contributed by atoms with E-state index in [1.807, 2.05) is 0 Å². The molecule has 1 saturated heterocycles. The van der Waals surface area contributed by atoms with Crippen molar-refractivity contribution in [3.63, 3.8) is 0 Å². The number of nitrogens with one attached hydrogen (secondary N) is 1. The predicted molar refractivity (Wildman–Crippen MR) is 57.6 cm³/mol. The molecule has 0 bridgehead atoms. The van der Waals surface area contributed by atoms with Crippen molar-refractivity contribution in [3.05, 3.63) is 12.2 Å². The van der Waals surface area contributed by atoms with E-state index < -0.39 is 45.7 Å². The summed E-state index contributed by atoms with van der Waals surface area (Å²) in [5, 5.41) is 1.62. The molecule has 11 heteroatoms. The number of carbonyl (C=O) groups is 2. The topological polar surface area (TPSA) is 98.8 Å². The molecule has 1 aliphatic heterocycles. The zero-order valence-electron chi connectivity index (χ0n) is 9.90. The summed E-state index contributed by atoms with van der Waals surface area (Å²) < 4.78 is 67.3. The average Bonchev–Trinajstić information content (AvgIpc) is 2.63. The first kappa shape index (κ1) is 16.4. The second-order valence-electron chi connectivity index (χ2n) is 3.68. The Bertz CT molecular complexity index is 526. The van der Waals surface area contributed by atoms with Crippen molar-refractivity contribution >= 4 is 22.0 Å². The van der Waals surface area contributed by atoms with Gasteiger partial charge in [0.15, 0.2) is 0 Å². The third-order valence-corrected chi connectivity index (χ3v) is 3.67. The standard InChI is InChI=1S/C9H10F3NO6S/c1-5(9(10,11)12)8(15)13-4-6(14)19-7-2-3-18-20(7,16)17/h7H,1-4H2,(H,13,15). The number of carbonyl (C=O) groups excluding carboxylic acids is 2. The van der Waals surface area contributed by atoms with Crippen LogP contribution in [0, 0.1) is 0 Å². The smallest absolute Gasteiger partial charge is 0.421 e. The Balaban J connectivity index is 2.45. The molecule has 1 unspecified atom stereocenters. The molecule has 0 radical (unpaired) electrons. The third kappa shape index (κ3) is 4.20. The Morgan fingerprint density at radius 3 is 2.45 bits per heavy atom. The largest absolute Gasteiger partial charge is 0.442 e. The van der Waals surface area contributed by atoms with Crippen LogP contribution in [0.4, 0.5) is 13.2 Å². The van der Waals surface area contributed by atoms with Crippen LogP contribution in [0.2, 0.25) is 0 Å². The number of hydrogen-bond donors (Lipinski definition) is 1. The van der Waals surface area contributed by atoms with Crippen molar-refractivity contribution in [1.29, 1.82) is 0 Å². The molecule has 1 amide bonds. The second-order valence-corrected chi connectivity index (χ2v) is 5.43. The van der Waals surface area contributed by atoms with Crippen molar-refractivity contribution in [3.8, 4) is 0 Å². The number of amides is 1. The lowest BCUT2D eigenvalue weighted by Crippen LogP contribution is -2.37. The van der Waals surface area contributed by atoms with Gasteiger partial charge in [0.2, 0.25) is 5.44 Å². The van der Waals surface area contributed by atoms with Crippen LogP contribution in [-0.2, 0) is 28.6 Å². The molecule has 20 heavy (non-hydrogen) atoms. The van der Waals surface area contributed by atoms with E-state index >= 15 is 0 Å². The molecule has 7 nitrogen and oxygen atoms in total. The molecular weight excluding hydrogens is 307 g/mol. The van der Waals surface area contributed by atoms with E-state index in [1.54, 1.807) is 5.32 Å². The molecule has 0 saturated carbocycles. The van der Waals surface area contributed by atoms with Crippen LogP contribution in [0.25, 0.3) is 0 Å². The molecular formula is C9H10F3NO6S. The van der Waals surface area contributed by atoms with E-state index in [0.29, 0.717) is 0 Å². The van der Waals surface area contributed by atoms with Gasteiger partial charge in [-0.1, -0.05) is 6.58 Å². The minimum Gasteiger partial charge on any atom is -0.442 e. The fourth-order valence-electron chi connectivity index (χ4n) is 1.17. The zero-order valence-corrected chi connectivity index (χ0v) is 10.7. The van der Waals surface area contributed by atoms with Crippen LogP contribution in [0.3, 0.4) is 0 Å². The first-order valence-electron chi connectivity index (χ1n) is 5.16. The maximum Gasteiger partial charge on any atom is 0.421 e. The normalized spacial score (nSPS) is 21.2. The van der Waals surface area contributed by atoms with Gasteiger partial charge in [-0.15, -0.1) is 0 Å². The van der Waals surface area contributed by atoms with E-state index in [1.165, 1.54) is 0 Å². The first-order valence-corrected chi connectivity index (χ1v) is 6.63. The average molecular weight is 317 g/mol. The number of esters is 1. The number of ether oxygens (including phenoxy) is 1. The van der Waals surface area contributed by atoms with E-state index in [9.17, 15) is 31.2 Å². The van der Waals surface area contributed by atoms with Gasteiger partial charge in [-0.25, -0.2) is 0 Å². The minimum absolute atomic E-state index is 0.0860. The summed E-state index contributed by atoms with van der Waals surface area (Å²) in [6.07, 6.45) is -5.01. The summed E-state index contributed by atoms with van der Waals surface area (Å²) in [5.41, 5.74) is -3.19. The molecule has 0 spiro atoms. The summed E-state index contributed by atoms with van der Waals surface area (Å²) in [6, 6.07) is 0. The van der Waals surface area contributed by atoms with Gasteiger partial charge < -0.3 is 10.1 Å². The summed E-state index contributed by atoms with van der Waals surface area (Å²) in [4.78, 5) is 22.2. The van der Waals surface area contributed by atoms with Crippen molar-refractivity contribution in [1.82, 2.24) is 5.32 Å². The quantitative estimate of drug-likeness (QED) is 0.439. The van der Waals surface area contributed by atoms with Crippen LogP contribution in [0.5, 0.6) is 0 Å². The van der Waals surface area contributed by atoms with Gasteiger partial charge in [-0.3, -0.25) is 13.8 Å². The van der Waals surface area contributed by atoms with Gasteiger partial charge in [-0.2, -0.15) is 21.6 Å². The summed E-state index contributed by atoms with van der Waals surface area (Å²) in [5.74, 6) is -2.80. The van der Waals surface area contributed by atoms with Gasteiger partial charge in [0.25, 0.3) is 5.91 Å². The lowest BCUT2D eigenvalue weighted by atomic mass is 10.3. The number of rotatable bonds is 4. The summed E-state index contributed by atoms with van der Waals surface area (Å²) in [7, 11) is -4.01. The molecule has 1 aliphatic rings. The minimum atomic E-state index is -4.92. The van der Waals surface area contributed by atoms with Gasteiger partial charge in [-0.05, 0) is 0 Å². The highest BCUT2D eigenvalue weighted by Crippen LogP contribution is 2.23. The van der Waals surface area contributed by atoms with Gasteiger partial charge in [0.05, 0.1) is 6.61 Å². The van der Waals surface area contributed by atoms with E-state index in [0.717, 1.165) is 0 Å². The summed E-state index contributed by atoms with van der Waals surface area (Å²) in [6.45, 7) is 1.45. The molecule has 0 aromatic rings. The predicted octanol–water partition coefficient (Wildman–Crippen LogP) is -0.160. The highest BCUT2D eigenvalue weighted by atomic mass is 32.2. The fraction of sp³-hybridized carbons (Fsp3) is 0.556. The molecule has 1 fully saturated rings. The Morgan fingerprint density at radius 1 is 1.40 bits per heavy atom. The highest BCUT2D eigenvalue weighted by Gasteiger charge is 2.38. The second kappa shape index (κ2) is 5.79. The zero-order chi connectivity index (χ0) is 15.6. The molecule has 1 heterocycles. The van der Waals surface area contributed by atoms with Gasteiger partial charge >= 0.3 is 22.3 Å². The first-order chi connectivity index (χ1) is 9.04. The van der Waals surface area contributed by atoms with Crippen molar-refractivity contribution in [2.75, 3.05) is 13.2 Å². The number of alkyl halides is 3. The summed E-state index contributed by atoms with van der Waals surface area (Å²) >= 11 is 0. The molecule has 0 aliphatic carbocycles. The molecule has 1 atom stereocenters. The van der Waals surface area contributed by atoms with Crippen LogP contribution in [0.1, 0.15) is 6.42 Å². The SMILES string of the molecule is C=C(C(=O)NCC(=O)OC1CCOS1(=O)=O)C(F)(F)F. The van der Waals surface area contributed by atoms with E-state index in [-0.39, 0.29) is 13.0 Å². The van der Waals surface area contributed by atoms with Crippen LogP contribution in [-0.4, -0.2) is 45.1 Å². The molecule has 1 rings (SSSR count). The number of halogens is 3. The van der Waals surface area contributed by atoms with Crippen molar-refractivity contribution < 1.29 is 40.1 Å². The molecule has 0 aromatic carbocycles. The maximum absolute atomic E-state index is 12.1. The monoisotopic (exact) mass is 317 g/mol. The van der Waals surface area contributed by atoms with Gasteiger partial charge in [0.1, 0.15) is 12.1 Å². The van der Waals surface area contributed by atoms with E-state index in [4.69, 9.17) is 0 Å². The van der Waals surface area contributed by atoms with Crippen molar-refractivity contribution in [2.24, 2.45) is 0 Å². The Kier molecular flexibility index (Phi) is 4.76. The number of hydrogen-bond acceptors (Lipinski definition) is 6. The molecule has 1 N–H and O–H groups in total. The highest BCUT2D eigenvalue weighted by molar-refractivity contribution is 7.87. The Labute approximate surface area is 111 Å². The lowest BCUT2D eigenvalue weighted by Gasteiger charge is -2.12. The van der Waals surface area contributed by atoms with Crippen LogP contribution >= 0.6 is 0 Å². The third-order valence-electron chi connectivity index (χ3n) is 2.20. The molecule has 0 aromatic heterocycles. The fourth-order valence-corrected chi connectivity index (χ4v) is 2.27. The Hall–Kier alpha value is -1.62. The van der Waals surface area contributed by atoms with Crippen LogP contribution < -0.4 is 5.32 Å². The maximum atomic E-state index is 12.1. The molecule has 114 valence electrons. The lowest BCUT2D eigenvalue weighted by molar-refractivity contribution is -0.146. The van der Waals surface area contributed by atoms with E-state index in [2.05, 4.69) is 15.5 Å².